The van der Waals surface area contributed by atoms with E-state index in [1.165, 1.54) is 0 Å². The van der Waals surface area contributed by atoms with E-state index >= 15 is 0 Å². The van der Waals surface area contributed by atoms with Crippen molar-refractivity contribution in [1.29, 1.82) is 0 Å². The zero-order valence-electron chi connectivity index (χ0n) is 11.5. The molecule has 0 saturated heterocycles. The number of esters is 1. The molecule has 19 heavy (non-hydrogen) atoms. The minimum Gasteiger partial charge on any atom is -0.493 e. The Morgan fingerprint density at radius 3 is 2.47 bits per heavy atom. The summed E-state index contributed by atoms with van der Waals surface area (Å²) in [6.45, 7) is 2.21. The van der Waals surface area contributed by atoms with Crippen molar-refractivity contribution in [2.24, 2.45) is 0 Å². The van der Waals surface area contributed by atoms with E-state index < -0.39 is 0 Å². The summed E-state index contributed by atoms with van der Waals surface area (Å²) in [6.07, 6.45) is 3.38. The Kier molecular flexibility index (Phi) is 4.10. The van der Waals surface area contributed by atoms with Crippen LogP contribution in [0.15, 0.2) is 17.7 Å². The number of hydrogen-bond donors (Lipinski definition) is 0. The van der Waals surface area contributed by atoms with Crippen LogP contribution in [0.3, 0.4) is 0 Å². The third kappa shape index (κ3) is 2.72. The fraction of sp³-hybridized carbons (Fsp3) is 0.400. The first-order chi connectivity index (χ1) is 9.19. The summed E-state index contributed by atoms with van der Waals surface area (Å²) in [5.41, 5.74) is 2.86. The van der Waals surface area contributed by atoms with Gasteiger partial charge in [-0.2, -0.15) is 0 Å². The van der Waals surface area contributed by atoms with Gasteiger partial charge in [-0.15, -0.1) is 0 Å². The topological polar surface area (TPSA) is 44.8 Å². The summed E-state index contributed by atoms with van der Waals surface area (Å²) in [4.78, 5) is 11.7. The van der Waals surface area contributed by atoms with Crippen LogP contribution in [0.1, 0.15) is 24.5 Å². The number of methoxy groups -OCH3 is 2. The van der Waals surface area contributed by atoms with Crippen molar-refractivity contribution >= 4 is 12.0 Å². The molecule has 0 aromatic heterocycles. The van der Waals surface area contributed by atoms with Crippen molar-refractivity contribution in [2.45, 2.75) is 19.8 Å². The summed E-state index contributed by atoms with van der Waals surface area (Å²) in [5.74, 6) is 1.15. The fourth-order valence-electron chi connectivity index (χ4n) is 2.20. The molecule has 0 N–H and O–H groups in total. The van der Waals surface area contributed by atoms with Crippen molar-refractivity contribution in [3.63, 3.8) is 0 Å². The highest BCUT2D eigenvalue weighted by molar-refractivity contribution is 5.94. The van der Waals surface area contributed by atoms with Gasteiger partial charge in [-0.25, -0.2) is 4.79 Å². The maximum atomic E-state index is 11.7. The van der Waals surface area contributed by atoms with Crippen LogP contribution < -0.4 is 9.47 Å². The Labute approximate surface area is 113 Å². The van der Waals surface area contributed by atoms with Crippen molar-refractivity contribution in [3.8, 4) is 11.5 Å². The SMILES string of the molecule is CCOC(=O)C1=Cc2cc(OC)c(OC)cc2CC1. The highest BCUT2D eigenvalue weighted by Gasteiger charge is 2.19. The van der Waals surface area contributed by atoms with Crippen LogP contribution in [0.5, 0.6) is 11.5 Å². The highest BCUT2D eigenvalue weighted by Crippen LogP contribution is 2.35. The molecule has 0 unspecified atom stereocenters. The number of rotatable bonds is 4. The predicted molar refractivity (Wildman–Crippen MR) is 72.5 cm³/mol. The normalized spacial score (nSPS) is 13.3. The van der Waals surface area contributed by atoms with Crippen LogP contribution in [0.4, 0.5) is 0 Å². The van der Waals surface area contributed by atoms with E-state index in [2.05, 4.69) is 0 Å². The van der Waals surface area contributed by atoms with Crippen LogP contribution in [0, 0.1) is 0 Å². The summed E-state index contributed by atoms with van der Waals surface area (Å²) in [5, 5.41) is 0. The molecule has 1 aliphatic carbocycles. The first-order valence-corrected chi connectivity index (χ1v) is 6.32. The van der Waals surface area contributed by atoms with Gasteiger partial charge in [0.1, 0.15) is 0 Å². The Morgan fingerprint density at radius 2 is 1.84 bits per heavy atom. The molecule has 0 spiro atoms. The second kappa shape index (κ2) is 5.78. The average molecular weight is 262 g/mol. The molecule has 1 aliphatic rings. The molecule has 4 nitrogen and oxygen atoms in total. The Hall–Kier alpha value is -1.97. The lowest BCUT2D eigenvalue weighted by atomic mass is 9.91. The summed E-state index contributed by atoms with van der Waals surface area (Å²) >= 11 is 0. The number of benzene rings is 1. The molecule has 0 bridgehead atoms. The van der Waals surface area contributed by atoms with Crippen LogP contribution in [-0.4, -0.2) is 26.8 Å². The summed E-state index contributed by atoms with van der Waals surface area (Å²) < 4.78 is 15.6. The molecule has 102 valence electrons. The van der Waals surface area contributed by atoms with Gasteiger partial charge < -0.3 is 14.2 Å². The molecule has 0 heterocycles. The van der Waals surface area contributed by atoms with Crippen LogP contribution in [-0.2, 0) is 16.0 Å². The molecule has 0 atom stereocenters. The van der Waals surface area contributed by atoms with E-state index in [9.17, 15) is 4.79 Å². The largest absolute Gasteiger partial charge is 0.493 e. The van der Waals surface area contributed by atoms with Gasteiger partial charge in [0.25, 0.3) is 0 Å². The molecule has 0 aliphatic heterocycles. The van der Waals surface area contributed by atoms with Gasteiger partial charge in [-0.3, -0.25) is 0 Å². The van der Waals surface area contributed by atoms with Crippen LogP contribution in [0.2, 0.25) is 0 Å². The standard InChI is InChI=1S/C15H18O4/c1-4-19-15(16)11-6-5-10-8-13(17-2)14(18-3)9-12(10)7-11/h7-9H,4-6H2,1-3H3. The maximum absolute atomic E-state index is 11.7. The zero-order chi connectivity index (χ0) is 13.8. The third-order valence-corrected chi connectivity index (χ3v) is 3.18. The van der Waals surface area contributed by atoms with Crippen molar-refractivity contribution in [1.82, 2.24) is 0 Å². The zero-order valence-corrected chi connectivity index (χ0v) is 11.5. The Morgan fingerprint density at radius 1 is 1.16 bits per heavy atom. The van der Waals surface area contributed by atoms with E-state index in [0.717, 1.165) is 17.5 Å². The minimum atomic E-state index is -0.233. The lowest BCUT2D eigenvalue weighted by Crippen LogP contribution is -2.12. The lowest BCUT2D eigenvalue weighted by molar-refractivity contribution is -0.138. The van der Waals surface area contributed by atoms with Gasteiger partial charge in [0.2, 0.25) is 0 Å². The number of carbonyl (C=O) groups is 1. The number of carbonyl (C=O) groups excluding carboxylic acids is 1. The number of ether oxygens (including phenoxy) is 3. The molecule has 0 fully saturated rings. The van der Waals surface area contributed by atoms with Crippen LogP contribution in [0.25, 0.3) is 6.08 Å². The molecule has 1 aromatic rings. The van der Waals surface area contributed by atoms with Crippen molar-refractivity contribution in [3.05, 3.63) is 28.8 Å². The molecular weight excluding hydrogens is 244 g/mol. The summed E-state index contributed by atoms with van der Waals surface area (Å²) in [6, 6.07) is 3.86. The minimum absolute atomic E-state index is 0.233. The Balaban J connectivity index is 2.36. The van der Waals surface area contributed by atoms with Crippen molar-refractivity contribution < 1.29 is 19.0 Å². The lowest BCUT2D eigenvalue weighted by Gasteiger charge is -2.18. The van der Waals surface area contributed by atoms with E-state index in [1.807, 2.05) is 25.1 Å². The van der Waals surface area contributed by atoms with Gasteiger partial charge in [0.05, 0.1) is 20.8 Å². The van der Waals surface area contributed by atoms with E-state index in [0.29, 0.717) is 30.1 Å². The molecule has 0 amide bonds. The van der Waals surface area contributed by atoms with E-state index in [4.69, 9.17) is 14.2 Å². The molecule has 0 radical (unpaired) electrons. The van der Waals surface area contributed by atoms with Gasteiger partial charge in [0, 0.05) is 5.57 Å². The van der Waals surface area contributed by atoms with Crippen LogP contribution >= 0.6 is 0 Å². The third-order valence-electron chi connectivity index (χ3n) is 3.18. The molecule has 2 rings (SSSR count). The van der Waals surface area contributed by atoms with Crippen molar-refractivity contribution in [2.75, 3.05) is 20.8 Å². The first kappa shape index (κ1) is 13.5. The molecule has 1 aromatic carbocycles. The highest BCUT2D eigenvalue weighted by atomic mass is 16.5. The van der Waals surface area contributed by atoms with Gasteiger partial charge in [0.15, 0.2) is 11.5 Å². The van der Waals surface area contributed by atoms with Gasteiger partial charge in [-0.1, -0.05) is 0 Å². The maximum Gasteiger partial charge on any atom is 0.334 e. The monoisotopic (exact) mass is 262 g/mol. The second-order valence-electron chi connectivity index (χ2n) is 4.30. The summed E-state index contributed by atoms with van der Waals surface area (Å²) in [7, 11) is 3.22. The van der Waals surface area contributed by atoms with Gasteiger partial charge in [-0.05, 0) is 49.1 Å². The second-order valence-corrected chi connectivity index (χ2v) is 4.30. The average Bonchev–Trinajstić information content (AvgIpc) is 2.45. The number of fused-ring (bicyclic) bond motifs is 1. The Bertz CT molecular complexity index is 517. The molecule has 0 saturated carbocycles. The fourth-order valence-corrected chi connectivity index (χ4v) is 2.20. The smallest absolute Gasteiger partial charge is 0.334 e. The number of aryl methyl sites for hydroxylation is 1. The van der Waals surface area contributed by atoms with E-state index in [-0.39, 0.29) is 5.97 Å². The van der Waals surface area contributed by atoms with E-state index in [1.54, 1.807) is 14.2 Å². The molecular formula is C15H18O4. The predicted octanol–water partition coefficient (Wildman–Crippen LogP) is 2.60. The van der Waals surface area contributed by atoms with Gasteiger partial charge >= 0.3 is 5.97 Å². The quantitative estimate of drug-likeness (QED) is 0.782. The first-order valence-electron chi connectivity index (χ1n) is 6.32. The number of hydrogen-bond acceptors (Lipinski definition) is 4. The molecule has 4 heteroatoms.